The van der Waals surface area contributed by atoms with Crippen molar-refractivity contribution in [3.8, 4) is 0 Å². The van der Waals surface area contributed by atoms with Gasteiger partial charge in [0.05, 0.1) is 12.1 Å². The van der Waals surface area contributed by atoms with Crippen molar-refractivity contribution in [2.24, 2.45) is 10.8 Å². The molecule has 0 saturated heterocycles. The molecule has 72 valence electrons. The Kier molecular flexibility index (Phi) is 2.60. The standard InChI is InChI=1S/C6H10N4O3/c7-5(11)13-4-1-6(12,2-4)3-9-10-8/h4,12H,1-3H2,(H2,7,11). The molecule has 1 rings (SSSR count). The molecule has 1 amide bonds. The fourth-order valence-electron chi connectivity index (χ4n) is 1.33. The molecule has 0 heterocycles. The van der Waals surface area contributed by atoms with Crippen molar-refractivity contribution in [2.45, 2.75) is 24.5 Å². The highest BCUT2D eigenvalue weighted by Crippen LogP contribution is 2.34. The summed E-state index contributed by atoms with van der Waals surface area (Å²) in [5, 5.41) is 12.8. The van der Waals surface area contributed by atoms with Crippen LogP contribution in [0, 0.1) is 0 Å². The number of hydrogen-bond acceptors (Lipinski definition) is 4. The molecule has 0 radical (unpaired) electrons. The van der Waals surface area contributed by atoms with Crippen LogP contribution in [0.5, 0.6) is 0 Å². The van der Waals surface area contributed by atoms with Crippen molar-refractivity contribution < 1.29 is 14.6 Å². The van der Waals surface area contributed by atoms with Crippen molar-refractivity contribution in [1.82, 2.24) is 0 Å². The second-order valence-corrected chi connectivity index (χ2v) is 3.08. The molecule has 0 aromatic heterocycles. The zero-order valence-electron chi connectivity index (χ0n) is 6.88. The Morgan fingerprint density at radius 3 is 2.92 bits per heavy atom. The van der Waals surface area contributed by atoms with Gasteiger partial charge in [-0.3, -0.25) is 0 Å². The molecule has 7 nitrogen and oxygen atoms in total. The number of nitrogens with zero attached hydrogens (tertiary/aromatic N) is 3. The van der Waals surface area contributed by atoms with Crippen molar-refractivity contribution >= 4 is 6.09 Å². The molecule has 0 bridgehead atoms. The lowest BCUT2D eigenvalue weighted by Crippen LogP contribution is -2.51. The van der Waals surface area contributed by atoms with E-state index in [1.54, 1.807) is 0 Å². The third-order valence-corrected chi connectivity index (χ3v) is 1.93. The number of aliphatic hydroxyl groups is 1. The lowest BCUT2D eigenvalue weighted by atomic mass is 9.77. The summed E-state index contributed by atoms with van der Waals surface area (Å²) in [6, 6.07) is 0. The second-order valence-electron chi connectivity index (χ2n) is 3.08. The summed E-state index contributed by atoms with van der Waals surface area (Å²) in [6.07, 6.45) is -0.656. The minimum absolute atomic E-state index is 0.00211. The van der Waals surface area contributed by atoms with Gasteiger partial charge < -0.3 is 15.6 Å². The van der Waals surface area contributed by atoms with E-state index in [9.17, 15) is 9.90 Å². The number of carbonyl (C=O) groups is 1. The second kappa shape index (κ2) is 3.51. The summed E-state index contributed by atoms with van der Waals surface area (Å²) in [4.78, 5) is 12.8. The van der Waals surface area contributed by atoms with E-state index in [4.69, 9.17) is 11.3 Å². The number of nitrogens with two attached hydrogens (primary N) is 1. The van der Waals surface area contributed by atoms with Gasteiger partial charge in [-0.2, -0.15) is 0 Å². The monoisotopic (exact) mass is 186 g/mol. The van der Waals surface area contributed by atoms with E-state index in [0.29, 0.717) is 0 Å². The van der Waals surface area contributed by atoms with Crippen molar-refractivity contribution in [2.75, 3.05) is 6.54 Å². The van der Waals surface area contributed by atoms with Crippen LogP contribution in [-0.2, 0) is 4.74 Å². The van der Waals surface area contributed by atoms with Crippen molar-refractivity contribution in [1.29, 1.82) is 0 Å². The number of rotatable bonds is 3. The molecule has 0 aromatic rings. The van der Waals surface area contributed by atoms with Gasteiger partial charge in [0.15, 0.2) is 0 Å². The van der Waals surface area contributed by atoms with Gasteiger partial charge in [-0.1, -0.05) is 5.11 Å². The largest absolute Gasteiger partial charge is 0.446 e. The normalized spacial score (nSPS) is 31.3. The minimum atomic E-state index is -1.02. The quantitative estimate of drug-likeness (QED) is 0.374. The average Bonchev–Trinajstić information content (AvgIpc) is 1.97. The lowest BCUT2D eigenvalue weighted by Gasteiger charge is -2.41. The third kappa shape index (κ3) is 2.50. The summed E-state index contributed by atoms with van der Waals surface area (Å²) < 4.78 is 4.61. The number of hydrogen-bond donors (Lipinski definition) is 2. The molecule has 3 N–H and O–H groups in total. The molecular weight excluding hydrogens is 176 g/mol. The Labute approximate surface area is 74.1 Å². The lowest BCUT2D eigenvalue weighted by molar-refractivity contribution is -0.107. The fraction of sp³-hybridized carbons (Fsp3) is 0.833. The predicted molar refractivity (Wildman–Crippen MR) is 42.7 cm³/mol. The summed E-state index contributed by atoms with van der Waals surface area (Å²) >= 11 is 0. The fourth-order valence-corrected chi connectivity index (χ4v) is 1.33. The van der Waals surface area contributed by atoms with Gasteiger partial charge in [0.1, 0.15) is 6.10 Å². The van der Waals surface area contributed by atoms with E-state index in [1.165, 1.54) is 0 Å². The van der Waals surface area contributed by atoms with Crippen LogP contribution in [-0.4, -0.2) is 29.4 Å². The maximum atomic E-state index is 10.3. The Morgan fingerprint density at radius 2 is 2.46 bits per heavy atom. The van der Waals surface area contributed by atoms with Crippen LogP contribution in [0.4, 0.5) is 4.79 Å². The van der Waals surface area contributed by atoms with E-state index in [0.717, 1.165) is 0 Å². The topological polar surface area (TPSA) is 121 Å². The molecule has 13 heavy (non-hydrogen) atoms. The number of ether oxygens (including phenoxy) is 1. The predicted octanol–water partition coefficient (Wildman–Crippen LogP) is 0.286. The van der Waals surface area contributed by atoms with Crippen LogP contribution in [0.3, 0.4) is 0 Å². The Bertz CT molecular complexity index is 255. The first-order valence-corrected chi connectivity index (χ1v) is 3.75. The van der Waals surface area contributed by atoms with Crippen LogP contribution >= 0.6 is 0 Å². The van der Waals surface area contributed by atoms with E-state index in [1.807, 2.05) is 0 Å². The van der Waals surface area contributed by atoms with Crippen LogP contribution in [0.2, 0.25) is 0 Å². The third-order valence-electron chi connectivity index (χ3n) is 1.93. The van der Waals surface area contributed by atoms with Crippen LogP contribution in [0.1, 0.15) is 12.8 Å². The van der Waals surface area contributed by atoms with Crippen LogP contribution in [0.25, 0.3) is 10.4 Å². The first kappa shape index (κ1) is 9.63. The molecule has 1 saturated carbocycles. The zero-order chi connectivity index (χ0) is 9.90. The van der Waals surface area contributed by atoms with Gasteiger partial charge >= 0.3 is 6.09 Å². The van der Waals surface area contributed by atoms with Crippen molar-refractivity contribution in [3.05, 3.63) is 10.4 Å². The highest BCUT2D eigenvalue weighted by atomic mass is 16.6. The zero-order valence-corrected chi connectivity index (χ0v) is 6.88. The molecule has 7 heteroatoms. The van der Waals surface area contributed by atoms with E-state index in [2.05, 4.69) is 14.8 Å². The Balaban J connectivity index is 2.30. The highest BCUT2D eigenvalue weighted by molar-refractivity contribution is 5.64. The SMILES string of the molecule is [N-]=[N+]=NCC1(O)CC(OC(N)=O)C1. The summed E-state index contributed by atoms with van der Waals surface area (Å²) in [5.74, 6) is 0. The Morgan fingerprint density at radius 1 is 1.85 bits per heavy atom. The molecular formula is C6H10N4O3. The molecule has 1 fully saturated rings. The first-order valence-electron chi connectivity index (χ1n) is 3.75. The summed E-state index contributed by atoms with van der Waals surface area (Å²) in [6.45, 7) is 0.00211. The highest BCUT2D eigenvalue weighted by Gasteiger charge is 2.44. The van der Waals surface area contributed by atoms with E-state index < -0.39 is 11.7 Å². The summed E-state index contributed by atoms with van der Waals surface area (Å²) in [5.41, 5.74) is 11.7. The molecule has 0 unspecified atom stereocenters. The molecule has 0 aliphatic heterocycles. The minimum Gasteiger partial charge on any atom is -0.446 e. The van der Waals surface area contributed by atoms with Crippen molar-refractivity contribution in [3.63, 3.8) is 0 Å². The number of primary amides is 1. The molecule has 0 atom stereocenters. The van der Waals surface area contributed by atoms with Crippen LogP contribution in [0.15, 0.2) is 5.11 Å². The van der Waals surface area contributed by atoms with Gasteiger partial charge in [-0.15, -0.1) is 0 Å². The molecule has 1 aliphatic rings. The van der Waals surface area contributed by atoms with Gasteiger partial charge in [0, 0.05) is 17.8 Å². The summed E-state index contributed by atoms with van der Waals surface area (Å²) in [7, 11) is 0. The Hall–Kier alpha value is -1.46. The van der Waals surface area contributed by atoms with Gasteiger partial charge in [0.2, 0.25) is 0 Å². The smallest absolute Gasteiger partial charge is 0.404 e. The first-order chi connectivity index (χ1) is 6.06. The van der Waals surface area contributed by atoms with E-state index in [-0.39, 0.29) is 25.5 Å². The number of carbonyl (C=O) groups excluding carboxylic acids is 1. The van der Waals surface area contributed by atoms with Gasteiger partial charge in [0.25, 0.3) is 0 Å². The van der Waals surface area contributed by atoms with Gasteiger partial charge in [-0.05, 0) is 5.53 Å². The number of amides is 1. The number of azide groups is 1. The van der Waals surface area contributed by atoms with Crippen LogP contribution < -0.4 is 5.73 Å². The van der Waals surface area contributed by atoms with Gasteiger partial charge in [-0.25, -0.2) is 4.79 Å². The molecule has 1 aliphatic carbocycles. The molecule has 0 aromatic carbocycles. The van der Waals surface area contributed by atoms with E-state index >= 15 is 0 Å². The average molecular weight is 186 g/mol. The molecule has 0 spiro atoms. The maximum Gasteiger partial charge on any atom is 0.404 e. The maximum absolute atomic E-state index is 10.3.